The fourth-order valence-electron chi connectivity index (χ4n) is 4.91. The van der Waals surface area contributed by atoms with E-state index in [9.17, 15) is 4.79 Å². The number of methoxy groups -OCH3 is 2. The van der Waals surface area contributed by atoms with Gasteiger partial charge in [-0.05, 0) is 53.9 Å². The van der Waals surface area contributed by atoms with Gasteiger partial charge < -0.3 is 29.0 Å². The number of alkyl carbamates (subject to hydrolysis) is 1. The molecule has 7 nitrogen and oxygen atoms in total. The van der Waals surface area contributed by atoms with Gasteiger partial charge in [-0.1, -0.05) is 11.6 Å². The lowest BCUT2D eigenvalue weighted by atomic mass is 9.68. The molecule has 6 atom stereocenters. The van der Waals surface area contributed by atoms with Crippen LogP contribution in [0.3, 0.4) is 0 Å². The number of carbonyl (C=O) groups is 1. The van der Waals surface area contributed by atoms with E-state index in [1.807, 2.05) is 13.8 Å². The van der Waals surface area contributed by atoms with E-state index >= 15 is 0 Å². The molecular weight excluding hydrogens is 374 g/mol. The fraction of sp³-hybridized carbons (Fsp3) is 0.864. The van der Waals surface area contributed by atoms with Gasteiger partial charge >= 0.3 is 6.09 Å². The number of hydrogen-bond acceptors (Lipinski definition) is 6. The summed E-state index contributed by atoms with van der Waals surface area (Å²) in [7, 11) is 3.29. The molecule has 4 unspecified atom stereocenters. The van der Waals surface area contributed by atoms with Gasteiger partial charge in [0, 0.05) is 14.2 Å². The van der Waals surface area contributed by atoms with Gasteiger partial charge in [0.25, 0.3) is 0 Å². The van der Waals surface area contributed by atoms with Crippen LogP contribution >= 0.6 is 0 Å². The zero-order chi connectivity index (χ0) is 21.4. The average molecular weight is 412 g/mol. The second kappa shape index (κ2) is 8.17. The largest absolute Gasteiger partial charge is 0.443 e. The molecule has 0 bridgehead atoms. The lowest BCUT2D eigenvalue weighted by molar-refractivity contribution is -0.118. The highest BCUT2D eigenvalue weighted by atomic mass is 16.6. The fourth-order valence-corrected chi connectivity index (χ4v) is 4.91. The van der Waals surface area contributed by atoms with E-state index in [1.54, 1.807) is 14.2 Å². The number of carbonyl (C=O) groups excluding carboxylic acids is 1. The SMILES string of the molecule is COCC(C)(C)NC(=O)OC1CC[C@]2(CO2)C(C2(C)O[C@@H]2CC=C(C)C)C1OC. The first-order valence-corrected chi connectivity index (χ1v) is 10.5. The van der Waals surface area contributed by atoms with E-state index in [-0.39, 0.29) is 35.4 Å². The summed E-state index contributed by atoms with van der Waals surface area (Å²) in [5, 5.41) is 2.88. The molecule has 1 saturated carbocycles. The predicted octanol–water partition coefficient (Wildman–Crippen LogP) is 3.21. The smallest absolute Gasteiger partial charge is 0.407 e. The van der Waals surface area contributed by atoms with E-state index in [0.717, 1.165) is 12.8 Å². The summed E-state index contributed by atoms with van der Waals surface area (Å²) in [6.45, 7) is 11.2. The second-order valence-corrected chi connectivity index (χ2v) is 9.76. The number of amides is 1. The van der Waals surface area contributed by atoms with Gasteiger partial charge in [0.15, 0.2) is 0 Å². The highest BCUT2D eigenvalue weighted by molar-refractivity contribution is 5.68. The van der Waals surface area contributed by atoms with Crippen molar-refractivity contribution < 1.29 is 28.5 Å². The van der Waals surface area contributed by atoms with Gasteiger partial charge in [0.2, 0.25) is 0 Å². The van der Waals surface area contributed by atoms with Crippen LogP contribution in [0.2, 0.25) is 0 Å². The number of epoxide rings is 2. The van der Waals surface area contributed by atoms with E-state index in [2.05, 4.69) is 32.2 Å². The molecule has 0 aromatic carbocycles. The van der Waals surface area contributed by atoms with Crippen LogP contribution in [-0.2, 0) is 23.7 Å². The molecule has 1 aliphatic carbocycles. The molecule has 3 fully saturated rings. The average Bonchev–Trinajstić information content (AvgIpc) is 3.52. The number of ether oxygens (including phenoxy) is 5. The number of hydrogen-bond donors (Lipinski definition) is 1. The van der Waals surface area contributed by atoms with Crippen LogP contribution in [-0.4, -0.2) is 68.6 Å². The maximum atomic E-state index is 12.5. The van der Waals surface area contributed by atoms with Crippen LogP contribution in [0.25, 0.3) is 0 Å². The minimum atomic E-state index is -0.510. The molecular formula is C22H37NO6. The Morgan fingerprint density at radius 3 is 2.55 bits per heavy atom. The van der Waals surface area contributed by atoms with Crippen molar-refractivity contribution >= 4 is 6.09 Å². The van der Waals surface area contributed by atoms with Gasteiger partial charge in [0.1, 0.15) is 23.4 Å². The van der Waals surface area contributed by atoms with Crippen molar-refractivity contribution in [3.8, 4) is 0 Å². The molecule has 2 aliphatic heterocycles. The Labute approximate surface area is 174 Å². The lowest BCUT2D eigenvalue weighted by Gasteiger charge is -2.42. The Bertz CT molecular complexity index is 639. The highest BCUT2D eigenvalue weighted by Crippen LogP contribution is 2.59. The molecule has 0 radical (unpaired) electrons. The monoisotopic (exact) mass is 411 g/mol. The molecule has 3 rings (SSSR count). The number of rotatable bonds is 8. The summed E-state index contributed by atoms with van der Waals surface area (Å²) in [5.41, 5.74) is 0.214. The van der Waals surface area contributed by atoms with Crippen LogP contribution in [0.4, 0.5) is 4.79 Å². The van der Waals surface area contributed by atoms with E-state index in [0.29, 0.717) is 19.6 Å². The third-order valence-electron chi connectivity index (χ3n) is 6.44. The van der Waals surface area contributed by atoms with Crippen molar-refractivity contribution in [1.29, 1.82) is 0 Å². The van der Waals surface area contributed by atoms with Crippen molar-refractivity contribution in [3.05, 3.63) is 11.6 Å². The van der Waals surface area contributed by atoms with Crippen molar-refractivity contribution in [1.82, 2.24) is 5.32 Å². The molecule has 0 aromatic heterocycles. The van der Waals surface area contributed by atoms with E-state index in [1.165, 1.54) is 5.57 Å². The molecule has 7 heteroatoms. The van der Waals surface area contributed by atoms with Crippen LogP contribution < -0.4 is 5.32 Å². The van der Waals surface area contributed by atoms with Gasteiger partial charge in [-0.25, -0.2) is 4.79 Å². The highest BCUT2D eigenvalue weighted by Gasteiger charge is 2.72. The first kappa shape index (κ1) is 22.5. The van der Waals surface area contributed by atoms with Crippen LogP contribution in [0, 0.1) is 5.92 Å². The minimum absolute atomic E-state index is 0.0223. The summed E-state index contributed by atoms with van der Waals surface area (Å²) in [4.78, 5) is 12.5. The molecule has 1 N–H and O–H groups in total. The van der Waals surface area contributed by atoms with Crippen LogP contribution in [0.1, 0.15) is 53.9 Å². The molecule has 1 amide bonds. The number of nitrogens with one attached hydrogen (secondary N) is 1. The normalized spacial score (nSPS) is 38.4. The Morgan fingerprint density at radius 2 is 2.00 bits per heavy atom. The Hall–Kier alpha value is -1.15. The second-order valence-electron chi connectivity index (χ2n) is 9.76. The summed E-state index contributed by atoms with van der Waals surface area (Å²) in [6, 6.07) is 0. The van der Waals surface area contributed by atoms with Crippen molar-refractivity contribution in [2.45, 2.75) is 88.9 Å². The van der Waals surface area contributed by atoms with E-state index < -0.39 is 11.6 Å². The van der Waals surface area contributed by atoms with Gasteiger partial charge in [-0.2, -0.15) is 0 Å². The summed E-state index contributed by atoms with van der Waals surface area (Å²) in [6.07, 6.45) is 3.70. The number of allylic oxidation sites excluding steroid dienone is 1. The maximum Gasteiger partial charge on any atom is 0.407 e. The van der Waals surface area contributed by atoms with Gasteiger partial charge in [-0.3, -0.25) is 0 Å². The first-order valence-electron chi connectivity index (χ1n) is 10.5. The molecule has 29 heavy (non-hydrogen) atoms. The zero-order valence-corrected chi connectivity index (χ0v) is 18.9. The summed E-state index contributed by atoms with van der Waals surface area (Å²) < 4.78 is 29.0. The first-order chi connectivity index (χ1) is 13.6. The standard InChI is InChI=1S/C22H37NO6/c1-14(2)8-9-16-21(5,29-16)18-17(26-7)15(10-11-22(18)13-27-22)28-19(24)23-20(3,4)12-25-6/h8,15-18H,9-13H2,1-7H3,(H,23,24)/t15?,16-,17?,18?,21?,22+/m1/s1. The van der Waals surface area contributed by atoms with Gasteiger partial charge in [-0.15, -0.1) is 0 Å². The summed E-state index contributed by atoms with van der Waals surface area (Å²) in [5.74, 6) is 0.0223. The minimum Gasteiger partial charge on any atom is -0.443 e. The summed E-state index contributed by atoms with van der Waals surface area (Å²) >= 11 is 0. The predicted molar refractivity (Wildman–Crippen MR) is 109 cm³/mol. The molecule has 2 saturated heterocycles. The van der Waals surface area contributed by atoms with Crippen molar-refractivity contribution in [2.75, 3.05) is 27.4 Å². The molecule has 1 spiro atoms. The molecule has 2 heterocycles. The van der Waals surface area contributed by atoms with Crippen molar-refractivity contribution in [2.24, 2.45) is 5.92 Å². The molecule has 166 valence electrons. The van der Waals surface area contributed by atoms with E-state index in [4.69, 9.17) is 23.7 Å². The maximum absolute atomic E-state index is 12.5. The Kier molecular flexibility index (Phi) is 6.35. The van der Waals surface area contributed by atoms with Crippen molar-refractivity contribution in [3.63, 3.8) is 0 Å². The zero-order valence-electron chi connectivity index (χ0n) is 18.9. The third kappa shape index (κ3) is 4.79. The quantitative estimate of drug-likeness (QED) is 0.488. The lowest BCUT2D eigenvalue weighted by Crippen LogP contribution is -2.57. The van der Waals surface area contributed by atoms with Crippen LogP contribution in [0.5, 0.6) is 0 Å². The Morgan fingerprint density at radius 1 is 1.31 bits per heavy atom. The molecule has 3 aliphatic rings. The van der Waals surface area contributed by atoms with Crippen LogP contribution in [0.15, 0.2) is 11.6 Å². The Balaban J connectivity index is 1.70. The van der Waals surface area contributed by atoms with Gasteiger partial charge in [0.05, 0.1) is 30.8 Å². The topological polar surface area (TPSA) is 81.9 Å². The third-order valence-corrected chi connectivity index (χ3v) is 6.44. The molecule has 0 aromatic rings.